The highest BCUT2D eigenvalue weighted by Gasteiger charge is 2.44. The number of hydrogen-bond donors (Lipinski definition) is 2. The van der Waals surface area contributed by atoms with Gasteiger partial charge in [-0.1, -0.05) is 6.07 Å². The van der Waals surface area contributed by atoms with Crippen molar-refractivity contribution in [2.45, 2.75) is 12.0 Å². The normalized spacial score (nSPS) is 22.2. The summed E-state index contributed by atoms with van der Waals surface area (Å²) in [4.78, 5) is 21.2. The summed E-state index contributed by atoms with van der Waals surface area (Å²) < 4.78 is 18.5. The number of aliphatic carboxylic acids is 1. The van der Waals surface area contributed by atoms with Crippen LogP contribution in [0.4, 0.5) is 15.8 Å². The Kier molecular flexibility index (Phi) is 3.34. The largest absolute Gasteiger partial charge is 0.479 e. The van der Waals surface area contributed by atoms with E-state index in [2.05, 4.69) is 5.32 Å². The molecular weight excluding hydrogens is 259 g/mol. The summed E-state index contributed by atoms with van der Waals surface area (Å²) in [5.74, 6) is -2.21. The molecule has 1 aromatic carbocycles. The smallest absolute Gasteiger partial charge is 0.331 e. The lowest BCUT2D eigenvalue weighted by Crippen LogP contribution is -2.47. The van der Waals surface area contributed by atoms with Crippen LogP contribution in [-0.4, -0.2) is 34.8 Å². The van der Waals surface area contributed by atoms with Gasteiger partial charge in [0.25, 0.3) is 0 Å². The van der Waals surface area contributed by atoms with Gasteiger partial charge in [0.2, 0.25) is 5.82 Å². The van der Waals surface area contributed by atoms with Gasteiger partial charge in [-0.25, -0.2) is 4.79 Å². The Morgan fingerprint density at radius 2 is 2.32 bits per heavy atom. The third kappa shape index (κ3) is 2.34. The Morgan fingerprint density at radius 1 is 1.58 bits per heavy atom. The van der Waals surface area contributed by atoms with Crippen LogP contribution in [0.25, 0.3) is 0 Å². The van der Waals surface area contributed by atoms with Crippen molar-refractivity contribution < 1.29 is 24.0 Å². The first kappa shape index (κ1) is 13.2. The Balaban J connectivity index is 2.40. The van der Waals surface area contributed by atoms with Crippen molar-refractivity contribution >= 4 is 17.3 Å². The third-order valence-electron chi connectivity index (χ3n) is 2.97. The van der Waals surface area contributed by atoms with Crippen molar-refractivity contribution in [1.82, 2.24) is 0 Å². The number of nitrogens with one attached hydrogen (secondary N) is 1. The SMILES string of the molecule is O=C(O)C1(Nc2cccc(F)c2[N+](=O)[O-])CCOC1. The average Bonchev–Trinajstić information content (AvgIpc) is 2.78. The van der Waals surface area contributed by atoms with E-state index in [1.165, 1.54) is 12.1 Å². The minimum absolute atomic E-state index is 0.129. The molecule has 0 aliphatic carbocycles. The summed E-state index contributed by atoms with van der Waals surface area (Å²) in [5.41, 5.74) is -2.40. The van der Waals surface area contributed by atoms with E-state index in [0.717, 1.165) is 6.07 Å². The first-order chi connectivity index (χ1) is 8.96. The third-order valence-corrected chi connectivity index (χ3v) is 2.97. The second-order valence-corrected chi connectivity index (χ2v) is 4.21. The quantitative estimate of drug-likeness (QED) is 0.633. The van der Waals surface area contributed by atoms with E-state index in [4.69, 9.17) is 4.74 Å². The maximum absolute atomic E-state index is 13.4. The van der Waals surface area contributed by atoms with Gasteiger partial charge in [0.15, 0.2) is 5.54 Å². The summed E-state index contributed by atoms with van der Waals surface area (Å²) in [5, 5.41) is 22.6. The number of carbonyl (C=O) groups is 1. The maximum atomic E-state index is 13.4. The predicted octanol–water partition coefficient (Wildman–Crippen LogP) is 1.39. The molecule has 8 heteroatoms. The number of rotatable bonds is 4. The highest BCUT2D eigenvalue weighted by Crippen LogP contribution is 2.32. The van der Waals surface area contributed by atoms with Gasteiger partial charge in [-0.05, 0) is 12.1 Å². The van der Waals surface area contributed by atoms with E-state index in [1.54, 1.807) is 0 Å². The summed E-state index contributed by atoms with van der Waals surface area (Å²) in [6.07, 6.45) is 0.149. The number of ether oxygens (including phenoxy) is 1. The number of carboxylic acid groups (broad SMARTS) is 1. The van der Waals surface area contributed by atoms with Crippen molar-refractivity contribution in [2.24, 2.45) is 0 Å². The van der Waals surface area contributed by atoms with Crippen LogP contribution < -0.4 is 5.32 Å². The van der Waals surface area contributed by atoms with Gasteiger partial charge in [0.1, 0.15) is 5.69 Å². The van der Waals surface area contributed by atoms with Crippen molar-refractivity contribution in [1.29, 1.82) is 0 Å². The fourth-order valence-corrected chi connectivity index (χ4v) is 1.95. The molecular formula is C11H11FN2O5. The van der Waals surface area contributed by atoms with Gasteiger partial charge in [-0.15, -0.1) is 0 Å². The molecule has 2 rings (SSSR count). The van der Waals surface area contributed by atoms with Gasteiger partial charge in [-0.3, -0.25) is 10.1 Å². The van der Waals surface area contributed by atoms with Crippen LogP contribution in [0, 0.1) is 15.9 Å². The molecule has 0 aromatic heterocycles. The predicted molar refractivity (Wildman–Crippen MR) is 62.5 cm³/mol. The fraction of sp³-hybridized carbons (Fsp3) is 0.364. The van der Waals surface area contributed by atoms with Crippen LogP contribution in [-0.2, 0) is 9.53 Å². The van der Waals surface area contributed by atoms with Gasteiger partial charge in [0.05, 0.1) is 11.5 Å². The number of para-hydroxylation sites is 1. The first-order valence-electron chi connectivity index (χ1n) is 5.48. The lowest BCUT2D eigenvalue weighted by Gasteiger charge is -2.24. The van der Waals surface area contributed by atoms with Gasteiger partial charge >= 0.3 is 11.7 Å². The van der Waals surface area contributed by atoms with Gasteiger partial charge in [-0.2, -0.15) is 4.39 Å². The average molecular weight is 270 g/mol. The standard InChI is InChI=1S/C11H11FN2O5/c12-7-2-1-3-8(9(7)14(17)18)13-11(10(15)16)4-5-19-6-11/h1-3,13H,4-6H2,(H,15,16). The van der Waals surface area contributed by atoms with Crippen LogP contribution in [0.15, 0.2) is 18.2 Å². The molecule has 102 valence electrons. The lowest BCUT2D eigenvalue weighted by atomic mass is 9.98. The number of halogens is 1. The van der Waals surface area contributed by atoms with Crippen molar-refractivity contribution in [3.63, 3.8) is 0 Å². The van der Waals surface area contributed by atoms with Crippen LogP contribution in [0.2, 0.25) is 0 Å². The zero-order valence-electron chi connectivity index (χ0n) is 9.76. The molecule has 0 amide bonds. The van der Waals surface area contributed by atoms with Crippen LogP contribution in [0.5, 0.6) is 0 Å². The molecule has 1 fully saturated rings. The van der Waals surface area contributed by atoms with E-state index >= 15 is 0 Å². The minimum atomic E-state index is -1.46. The van der Waals surface area contributed by atoms with E-state index in [-0.39, 0.29) is 25.3 Å². The van der Waals surface area contributed by atoms with Crippen molar-refractivity contribution in [3.05, 3.63) is 34.1 Å². The molecule has 7 nitrogen and oxygen atoms in total. The summed E-state index contributed by atoms with van der Waals surface area (Å²) in [7, 11) is 0. The molecule has 1 saturated heterocycles. The number of anilines is 1. The molecule has 1 aliphatic rings. The monoisotopic (exact) mass is 270 g/mol. The Labute approximate surface area is 107 Å². The molecule has 19 heavy (non-hydrogen) atoms. The van der Waals surface area contributed by atoms with Crippen molar-refractivity contribution in [2.75, 3.05) is 18.5 Å². The summed E-state index contributed by atoms with van der Waals surface area (Å²) in [6, 6.07) is 3.49. The molecule has 2 N–H and O–H groups in total. The molecule has 1 aromatic rings. The van der Waals surface area contributed by atoms with Gasteiger partial charge in [0, 0.05) is 13.0 Å². The molecule has 1 unspecified atom stereocenters. The Hall–Kier alpha value is -2.22. The van der Waals surface area contributed by atoms with E-state index in [1.807, 2.05) is 0 Å². The number of hydrogen-bond acceptors (Lipinski definition) is 5. The fourth-order valence-electron chi connectivity index (χ4n) is 1.95. The van der Waals surface area contributed by atoms with E-state index < -0.39 is 27.9 Å². The number of nitro benzene ring substituents is 1. The summed E-state index contributed by atoms with van der Waals surface area (Å²) >= 11 is 0. The van der Waals surface area contributed by atoms with Crippen LogP contribution in [0.3, 0.4) is 0 Å². The van der Waals surface area contributed by atoms with E-state index in [0.29, 0.717) is 0 Å². The Bertz CT molecular complexity index is 528. The highest BCUT2D eigenvalue weighted by atomic mass is 19.1. The number of benzene rings is 1. The second-order valence-electron chi connectivity index (χ2n) is 4.21. The van der Waals surface area contributed by atoms with Crippen LogP contribution in [0.1, 0.15) is 6.42 Å². The molecule has 0 spiro atoms. The lowest BCUT2D eigenvalue weighted by molar-refractivity contribution is -0.386. The van der Waals surface area contributed by atoms with E-state index in [9.17, 15) is 24.4 Å². The zero-order valence-corrected chi connectivity index (χ0v) is 9.76. The zero-order chi connectivity index (χ0) is 14.0. The number of carboxylic acids is 1. The number of nitro groups is 1. The molecule has 0 saturated carbocycles. The topological polar surface area (TPSA) is 102 Å². The minimum Gasteiger partial charge on any atom is -0.479 e. The number of nitrogens with zero attached hydrogens (tertiary/aromatic N) is 1. The van der Waals surface area contributed by atoms with Gasteiger partial charge < -0.3 is 15.2 Å². The second kappa shape index (κ2) is 4.81. The molecule has 1 aliphatic heterocycles. The van der Waals surface area contributed by atoms with Crippen molar-refractivity contribution in [3.8, 4) is 0 Å². The summed E-state index contributed by atoms with van der Waals surface area (Å²) in [6.45, 7) is 0.0956. The first-order valence-corrected chi connectivity index (χ1v) is 5.48. The van der Waals surface area contributed by atoms with Crippen LogP contribution >= 0.6 is 0 Å². The highest BCUT2D eigenvalue weighted by molar-refractivity contribution is 5.84. The maximum Gasteiger partial charge on any atom is 0.331 e. The molecule has 0 radical (unpaired) electrons. The Morgan fingerprint density at radius 3 is 2.84 bits per heavy atom. The molecule has 0 bridgehead atoms. The molecule has 1 atom stereocenters. The molecule has 1 heterocycles.